The molecule has 1 aliphatic heterocycles. The molecule has 5 heteroatoms. The fraction of sp³-hybridized carbons (Fsp3) is 0.800. The Hall–Kier alpha value is -0.675. The monoisotopic (exact) mass is 282 g/mol. The Morgan fingerprint density at radius 3 is 2.20 bits per heavy atom. The van der Waals surface area contributed by atoms with Crippen LogP contribution in [0.15, 0.2) is 11.5 Å². The van der Waals surface area contributed by atoms with Gasteiger partial charge in [0.25, 0.3) is 0 Å². The van der Waals surface area contributed by atoms with Crippen molar-refractivity contribution >= 4 is 12.9 Å². The number of allylic oxidation sites excluding steroid dienone is 2. The zero-order valence-electron chi connectivity index (χ0n) is 13.1. The molecule has 1 saturated heterocycles. The predicted octanol–water partition coefficient (Wildman–Crippen LogP) is 3.27. The summed E-state index contributed by atoms with van der Waals surface area (Å²) in [5, 5.41) is 0. The molecule has 0 aromatic carbocycles. The highest BCUT2D eigenvalue weighted by Crippen LogP contribution is 2.43. The molecular weight excluding hydrogens is 258 g/mol. The first kappa shape index (κ1) is 15.7. The maximum absolute atomic E-state index is 13.2. The van der Waals surface area contributed by atoms with E-state index in [9.17, 15) is 9.18 Å². The van der Waals surface area contributed by atoms with Crippen molar-refractivity contribution in [2.45, 2.75) is 65.1 Å². The first-order chi connectivity index (χ1) is 9.13. The second-order valence-corrected chi connectivity index (χ2v) is 7.04. The summed E-state index contributed by atoms with van der Waals surface area (Å²) >= 11 is 0. The number of carbonyl (C=O) groups is 1. The van der Waals surface area contributed by atoms with E-state index in [1.165, 1.54) is 6.92 Å². The van der Waals surface area contributed by atoms with Crippen molar-refractivity contribution in [1.29, 1.82) is 0 Å². The van der Waals surface area contributed by atoms with Crippen LogP contribution < -0.4 is 0 Å². The number of hydrogen-bond acceptors (Lipinski definition) is 3. The summed E-state index contributed by atoms with van der Waals surface area (Å²) in [6, 6.07) is 0. The number of alkyl halides is 1. The Balaban J connectivity index is 2.13. The normalized spacial score (nSPS) is 32.1. The highest BCUT2D eigenvalue weighted by molar-refractivity contribution is 6.54. The molecule has 0 unspecified atom stereocenters. The lowest BCUT2D eigenvalue weighted by Gasteiger charge is -2.32. The van der Waals surface area contributed by atoms with Gasteiger partial charge in [0, 0.05) is 0 Å². The van der Waals surface area contributed by atoms with Crippen molar-refractivity contribution in [2.75, 3.05) is 6.67 Å². The minimum absolute atomic E-state index is 0.0655. The Bertz CT molecular complexity index is 428. The zero-order valence-corrected chi connectivity index (χ0v) is 13.1. The number of halogens is 1. The van der Waals surface area contributed by atoms with Crippen LogP contribution in [0.3, 0.4) is 0 Å². The van der Waals surface area contributed by atoms with E-state index >= 15 is 0 Å². The van der Waals surface area contributed by atoms with E-state index in [4.69, 9.17) is 9.31 Å². The maximum Gasteiger partial charge on any atom is 0.490 e. The van der Waals surface area contributed by atoms with Crippen molar-refractivity contribution in [2.24, 2.45) is 5.41 Å². The molecule has 0 bridgehead atoms. The molecule has 112 valence electrons. The van der Waals surface area contributed by atoms with Crippen LogP contribution in [0, 0.1) is 5.41 Å². The highest BCUT2D eigenvalue weighted by atomic mass is 19.1. The summed E-state index contributed by atoms with van der Waals surface area (Å²) < 4.78 is 25.2. The lowest BCUT2D eigenvalue weighted by Crippen LogP contribution is -2.41. The molecule has 1 heterocycles. The van der Waals surface area contributed by atoms with Gasteiger partial charge in [-0.3, -0.25) is 4.79 Å². The van der Waals surface area contributed by atoms with Gasteiger partial charge in [-0.15, -0.1) is 0 Å². The summed E-state index contributed by atoms with van der Waals surface area (Å²) in [4.78, 5) is 11.7. The molecule has 1 fully saturated rings. The van der Waals surface area contributed by atoms with Crippen LogP contribution in [0.4, 0.5) is 4.39 Å². The SMILES string of the molecule is CC(=O)[C@@]1(CF)CC=C(B2OC(C)(C)C(C)(C)O2)CC1. The number of carbonyl (C=O) groups excluding carboxylic acids is 1. The van der Waals surface area contributed by atoms with Gasteiger partial charge in [0.15, 0.2) is 0 Å². The van der Waals surface area contributed by atoms with E-state index in [0.717, 1.165) is 5.47 Å². The largest absolute Gasteiger partial charge is 0.490 e. The number of rotatable bonds is 3. The Labute approximate surface area is 121 Å². The van der Waals surface area contributed by atoms with Crippen molar-refractivity contribution < 1.29 is 18.5 Å². The second-order valence-electron chi connectivity index (χ2n) is 7.04. The fourth-order valence-corrected chi connectivity index (χ4v) is 2.66. The molecule has 0 aromatic rings. The van der Waals surface area contributed by atoms with Crippen molar-refractivity contribution in [3.63, 3.8) is 0 Å². The van der Waals surface area contributed by atoms with Crippen molar-refractivity contribution in [3.8, 4) is 0 Å². The van der Waals surface area contributed by atoms with Gasteiger partial charge in [0.2, 0.25) is 0 Å². The minimum Gasteiger partial charge on any atom is -0.400 e. The van der Waals surface area contributed by atoms with E-state index in [2.05, 4.69) is 0 Å². The van der Waals surface area contributed by atoms with E-state index in [1.807, 2.05) is 33.8 Å². The van der Waals surface area contributed by atoms with E-state index < -0.39 is 12.1 Å². The Morgan fingerprint density at radius 2 is 1.85 bits per heavy atom. The molecule has 0 amide bonds. The Kier molecular flexibility index (Phi) is 3.89. The summed E-state index contributed by atoms with van der Waals surface area (Å²) in [5.74, 6) is -0.0655. The minimum atomic E-state index is -0.826. The molecule has 20 heavy (non-hydrogen) atoms. The van der Waals surface area contributed by atoms with Crippen LogP contribution >= 0.6 is 0 Å². The van der Waals surface area contributed by atoms with Crippen LogP contribution in [-0.2, 0) is 14.1 Å². The standard InChI is InChI=1S/C15H24BFO3/c1-11(18)15(10-17)8-6-12(7-9-15)16-19-13(2,3)14(4,5)20-16/h6H,7-10H2,1-5H3/t15-/m0/s1. The van der Waals surface area contributed by atoms with Crippen LogP contribution in [0.2, 0.25) is 0 Å². The highest BCUT2D eigenvalue weighted by Gasteiger charge is 2.53. The predicted molar refractivity (Wildman–Crippen MR) is 77.1 cm³/mol. The van der Waals surface area contributed by atoms with Gasteiger partial charge in [-0.1, -0.05) is 6.08 Å². The molecule has 0 aromatic heterocycles. The average molecular weight is 282 g/mol. The van der Waals surface area contributed by atoms with Crippen LogP contribution in [0.25, 0.3) is 0 Å². The molecule has 2 aliphatic rings. The zero-order chi connectivity index (χ0) is 15.2. The lowest BCUT2D eigenvalue weighted by atomic mass is 9.65. The van der Waals surface area contributed by atoms with Gasteiger partial charge in [0.05, 0.1) is 16.6 Å². The first-order valence-electron chi connectivity index (χ1n) is 7.25. The molecule has 3 nitrogen and oxygen atoms in total. The molecule has 1 aliphatic carbocycles. The summed E-state index contributed by atoms with van der Waals surface area (Å²) in [6.45, 7) is 8.94. The first-order valence-corrected chi connectivity index (χ1v) is 7.25. The molecule has 1 atom stereocenters. The quantitative estimate of drug-likeness (QED) is 0.745. The molecule has 2 rings (SSSR count). The molecule has 0 spiro atoms. The van der Waals surface area contributed by atoms with Gasteiger partial charge in [0.1, 0.15) is 12.5 Å². The number of hydrogen-bond donors (Lipinski definition) is 0. The van der Waals surface area contributed by atoms with Gasteiger partial charge in [-0.05, 0) is 59.4 Å². The van der Waals surface area contributed by atoms with E-state index in [0.29, 0.717) is 19.3 Å². The molecule has 0 N–H and O–H groups in total. The van der Waals surface area contributed by atoms with Crippen LogP contribution in [-0.4, -0.2) is 30.8 Å². The second kappa shape index (κ2) is 4.95. The van der Waals surface area contributed by atoms with Gasteiger partial charge in [-0.25, -0.2) is 4.39 Å². The molecule has 0 saturated carbocycles. The van der Waals surface area contributed by atoms with Gasteiger partial charge < -0.3 is 9.31 Å². The van der Waals surface area contributed by atoms with Crippen molar-refractivity contribution in [1.82, 2.24) is 0 Å². The van der Waals surface area contributed by atoms with Crippen molar-refractivity contribution in [3.05, 3.63) is 11.5 Å². The lowest BCUT2D eigenvalue weighted by molar-refractivity contribution is -0.128. The van der Waals surface area contributed by atoms with Crippen LogP contribution in [0.1, 0.15) is 53.9 Å². The van der Waals surface area contributed by atoms with E-state index in [1.54, 1.807) is 0 Å². The number of ketones is 1. The smallest absolute Gasteiger partial charge is 0.400 e. The molecule has 0 radical (unpaired) electrons. The third-order valence-electron chi connectivity index (χ3n) is 5.21. The summed E-state index contributed by atoms with van der Waals surface area (Å²) in [7, 11) is -0.371. The number of Topliss-reactive ketones (excluding diaryl/α,β-unsaturated/α-hetero) is 1. The Morgan fingerprint density at radius 1 is 1.30 bits per heavy atom. The maximum atomic E-state index is 13.2. The topological polar surface area (TPSA) is 35.5 Å². The summed E-state index contributed by atoms with van der Waals surface area (Å²) in [5.41, 5.74) is -0.525. The third-order valence-corrected chi connectivity index (χ3v) is 5.21. The fourth-order valence-electron chi connectivity index (χ4n) is 2.66. The third kappa shape index (κ3) is 2.46. The molecular formula is C15H24BFO3. The summed E-state index contributed by atoms with van der Waals surface area (Å²) in [6.07, 6.45) is 3.57. The average Bonchev–Trinajstić information content (AvgIpc) is 2.58. The van der Waals surface area contributed by atoms with E-state index in [-0.39, 0.29) is 24.1 Å². The van der Waals surface area contributed by atoms with Crippen LogP contribution in [0.5, 0.6) is 0 Å². The van der Waals surface area contributed by atoms with Gasteiger partial charge >= 0.3 is 7.12 Å². The van der Waals surface area contributed by atoms with Gasteiger partial charge in [-0.2, -0.15) is 0 Å².